The van der Waals surface area contributed by atoms with Crippen molar-refractivity contribution in [2.24, 2.45) is 5.73 Å². The lowest BCUT2D eigenvalue weighted by Gasteiger charge is -2.05. The molecule has 0 spiro atoms. The van der Waals surface area contributed by atoms with Crippen molar-refractivity contribution >= 4 is 29.5 Å². The Labute approximate surface area is 117 Å². The third kappa shape index (κ3) is 2.99. The minimum atomic E-state index is -1.44. The van der Waals surface area contributed by atoms with Crippen LogP contribution in [-0.4, -0.2) is 18.3 Å². The Bertz CT molecular complexity index is 712. The fourth-order valence-corrected chi connectivity index (χ4v) is 2.92. The Morgan fingerprint density at radius 2 is 2.16 bits per heavy atom. The zero-order chi connectivity index (χ0) is 14.0. The first kappa shape index (κ1) is 13.7. The van der Waals surface area contributed by atoms with E-state index in [1.165, 1.54) is 0 Å². The van der Waals surface area contributed by atoms with E-state index >= 15 is 0 Å². The molecule has 2 rings (SSSR count). The number of hydrogen-bond donors (Lipinski definition) is 1. The molecule has 2 heterocycles. The van der Waals surface area contributed by atoms with Crippen LogP contribution in [-0.2, 0) is 0 Å². The summed E-state index contributed by atoms with van der Waals surface area (Å²) in [5, 5.41) is 19.7. The van der Waals surface area contributed by atoms with Gasteiger partial charge in [0.2, 0.25) is 0 Å². The second-order valence-corrected chi connectivity index (χ2v) is 10.9. The average Bonchev–Trinajstić information content (AvgIpc) is 2.77. The lowest BCUT2D eigenvalue weighted by molar-refractivity contribution is 0.842. The van der Waals surface area contributed by atoms with Crippen LogP contribution >= 0.6 is 11.3 Å². The summed E-state index contributed by atoms with van der Waals surface area (Å²) in [5.41, 5.74) is 10.5. The molecule has 19 heavy (non-hydrogen) atoms. The molecule has 0 bridgehead atoms. The predicted octanol–water partition coefficient (Wildman–Crippen LogP) is 2.44. The fourth-order valence-electron chi connectivity index (χ4n) is 1.55. The third-order valence-corrected chi connectivity index (χ3v) is 4.21. The molecule has 0 aliphatic carbocycles. The zero-order valence-corrected chi connectivity index (χ0v) is 12.9. The highest BCUT2D eigenvalue weighted by Crippen LogP contribution is 2.29. The summed E-state index contributed by atoms with van der Waals surface area (Å²) >= 11 is 1.55. The van der Waals surface area contributed by atoms with Crippen LogP contribution in [0.1, 0.15) is 17.3 Å². The van der Waals surface area contributed by atoms with Gasteiger partial charge in [-0.2, -0.15) is 15.5 Å². The van der Waals surface area contributed by atoms with Gasteiger partial charge in [-0.25, -0.2) is 0 Å². The summed E-state index contributed by atoms with van der Waals surface area (Å²) in [6.07, 6.45) is 1.69. The highest BCUT2D eigenvalue weighted by molar-refractivity contribution is 7.17. The molecule has 0 fully saturated rings. The maximum atomic E-state index is 8.97. The molecule has 0 amide bonds. The predicted molar refractivity (Wildman–Crippen MR) is 80.2 cm³/mol. The van der Waals surface area contributed by atoms with E-state index in [4.69, 9.17) is 11.0 Å². The fraction of sp³-hybridized carbons (Fsp3) is 0.308. The van der Waals surface area contributed by atoms with Gasteiger partial charge in [-0.3, -0.25) is 0 Å². The zero-order valence-electron chi connectivity index (χ0n) is 11.1. The Morgan fingerprint density at radius 3 is 2.79 bits per heavy atom. The lowest BCUT2D eigenvalue weighted by atomic mass is 10.1. The van der Waals surface area contributed by atoms with E-state index in [1.54, 1.807) is 17.5 Å². The standard InChI is InChI=1S/C13H14N4SSi/c1-19(2,3)5-4-9-8-18-11-7-16-17-13(12(9)11)10(15)6-14/h7-8,10H,15H2,1-3H3. The van der Waals surface area contributed by atoms with Gasteiger partial charge in [-0.1, -0.05) is 25.6 Å². The summed E-state index contributed by atoms with van der Waals surface area (Å²) in [5.74, 6) is 3.22. The van der Waals surface area contributed by atoms with Crippen molar-refractivity contribution in [3.05, 3.63) is 22.8 Å². The third-order valence-electron chi connectivity index (χ3n) is 2.42. The molecule has 1 atom stereocenters. The van der Waals surface area contributed by atoms with Gasteiger partial charge in [0.25, 0.3) is 0 Å². The summed E-state index contributed by atoms with van der Waals surface area (Å²) < 4.78 is 0.968. The molecule has 0 saturated carbocycles. The first-order valence-corrected chi connectivity index (χ1v) is 10.2. The minimum Gasteiger partial charge on any atom is -0.311 e. The van der Waals surface area contributed by atoms with Crippen molar-refractivity contribution in [3.63, 3.8) is 0 Å². The smallest absolute Gasteiger partial charge is 0.138 e. The number of hydrogen-bond acceptors (Lipinski definition) is 5. The Morgan fingerprint density at radius 1 is 1.42 bits per heavy atom. The molecule has 0 radical (unpaired) electrons. The average molecular weight is 286 g/mol. The number of fused-ring (bicyclic) bond motifs is 1. The molecule has 0 aromatic carbocycles. The van der Waals surface area contributed by atoms with Gasteiger partial charge >= 0.3 is 0 Å². The molecule has 2 aromatic heterocycles. The molecular weight excluding hydrogens is 272 g/mol. The van der Waals surface area contributed by atoms with Crippen molar-refractivity contribution in [2.45, 2.75) is 25.7 Å². The molecule has 2 aromatic rings. The van der Waals surface area contributed by atoms with Crippen LogP contribution in [0.15, 0.2) is 11.6 Å². The van der Waals surface area contributed by atoms with Crippen LogP contribution in [0.2, 0.25) is 19.6 Å². The van der Waals surface area contributed by atoms with Gasteiger partial charge in [0.05, 0.1) is 17.0 Å². The normalized spacial score (nSPS) is 12.6. The Balaban J connectivity index is 2.64. The number of nitrogens with zero attached hydrogens (tertiary/aromatic N) is 3. The van der Waals surface area contributed by atoms with Crippen molar-refractivity contribution < 1.29 is 0 Å². The van der Waals surface area contributed by atoms with Gasteiger partial charge in [0.1, 0.15) is 19.8 Å². The second-order valence-electron chi connectivity index (χ2n) is 5.23. The largest absolute Gasteiger partial charge is 0.311 e. The van der Waals surface area contributed by atoms with Crippen LogP contribution in [0, 0.1) is 22.8 Å². The molecule has 0 saturated heterocycles. The maximum absolute atomic E-state index is 8.97. The number of aromatic nitrogens is 2. The SMILES string of the molecule is C[Si](C)(C)C#Cc1csc2cnnc(C(N)C#N)c12. The van der Waals surface area contributed by atoms with E-state index in [2.05, 4.69) is 41.3 Å². The summed E-state index contributed by atoms with van der Waals surface area (Å²) in [6.45, 7) is 6.57. The Kier molecular flexibility index (Phi) is 3.68. The quantitative estimate of drug-likeness (QED) is 0.645. The summed E-state index contributed by atoms with van der Waals surface area (Å²) in [7, 11) is -1.44. The maximum Gasteiger partial charge on any atom is 0.138 e. The van der Waals surface area contributed by atoms with E-state index in [0.29, 0.717) is 5.69 Å². The van der Waals surface area contributed by atoms with Crippen LogP contribution < -0.4 is 5.73 Å². The number of nitriles is 1. The van der Waals surface area contributed by atoms with Crippen LogP contribution in [0.3, 0.4) is 0 Å². The highest BCUT2D eigenvalue weighted by Gasteiger charge is 2.16. The van der Waals surface area contributed by atoms with Gasteiger partial charge in [-0.05, 0) is 0 Å². The van der Waals surface area contributed by atoms with E-state index in [-0.39, 0.29) is 0 Å². The van der Waals surface area contributed by atoms with Gasteiger partial charge in [0, 0.05) is 16.3 Å². The van der Waals surface area contributed by atoms with Gasteiger partial charge in [-0.15, -0.1) is 16.9 Å². The van der Waals surface area contributed by atoms with Crippen molar-refractivity contribution in [3.8, 4) is 17.5 Å². The van der Waals surface area contributed by atoms with Crippen LogP contribution in [0.25, 0.3) is 10.1 Å². The van der Waals surface area contributed by atoms with E-state index < -0.39 is 14.1 Å². The van der Waals surface area contributed by atoms with Gasteiger partial charge < -0.3 is 5.73 Å². The molecule has 6 heteroatoms. The lowest BCUT2D eigenvalue weighted by Crippen LogP contribution is -2.16. The first-order valence-electron chi connectivity index (χ1n) is 5.83. The molecule has 0 aliphatic rings. The molecule has 4 nitrogen and oxygen atoms in total. The first-order chi connectivity index (χ1) is 8.92. The molecule has 0 aliphatic heterocycles. The van der Waals surface area contributed by atoms with Gasteiger partial charge in [0.15, 0.2) is 0 Å². The summed E-state index contributed by atoms with van der Waals surface area (Å²) in [4.78, 5) is 0. The van der Waals surface area contributed by atoms with Crippen LogP contribution in [0.5, 0.6) is 0 Å². The summed E-state index contributed by atoms with van der Waals surface area (Å²) in [6, 6.07) is 1.24. The van der Waals surface area contributed by atoms with E-state index in [1.807, 2.05) is 11.4 Å². The number of rotatable bonds is 1. The van der Waals surface area contributed by atoms with E-state index in [9.17, 15) is 0 Å². The minimum absolute atomic E-state index is 0.515. The Hall–Kier alpha value is -1.73. The van der Waals surface area contributed by atoms with Crippen molar-refractivity contribution in [1.29, 1.82) is 5.26 Å². The molecule has 2 N–H and O–H groups in total. The van der Waals surface area contributed by atoms with Crippen molar-refractivity contribution in [2.75, 3.05) is 0 Å². The molecular formula is C13H14N4SSi. The topological polar surface area (TPSA) is 75.6 Å². The van der Waals surface area contributed by atoms with E-state index in [0.717, 1.165) is 15.6 Å². The highest BCUT2D eigenvalue weighted by atomic mass is 32.1. The molecule has 1 unspecified atom stereocenters. The monoisotopic (exact) mass is 286 g/mol. The number of nitrogens with two attached hydrogens (primary N) is 1. The second kappa shape index (κ2) is 5.10. The van der Waals surface area contributed by atoms with Crippen LogP contribution in [0.4, 0.5) is 0 Å². The number of thiophene rings is 1. The molecule has 96 valence electrons. The van der Waals surface area contributed by atoms with Crippen molar-refractivity contribution in [1.82, 2.24) is 10.2 Å².